The summed E-state index contributed by atoms with van der Waals surface area (Å²) in [5.74, 6) is 0.394. The Morgan fingerprint density at radius 2 is 2.32 bits per heavy atom. The molecule has 7 heteroatoms. The molecule has 0 saturated carbocycles. The number of hydrogen-bond acceptors (Lipinski definition) is 5. The smallest absolute Gasteiger partial charge is 0.251 e. The van der Waals surface area contributed by atoms with E-state index in [9.17, 15) is 4.79 Å². The highest BCUT2D eigenvalue weighted by Crippen LogP contribution is 2.17. The van der Waals surface area contributed by atoms with E-state index in [-0.39, 0.29) is 19.1 Å². The van der Waals surface area contributed by atoms with Crippen LogP contribution in [-0.4, -0.2) is 44.4 Å². The molecular weight excluding hydrogens is 246 g/mol. The summed E-state index contributed by atoms with van der Waals surface area (Å²) in [6, 6.07) is 7.05. The Kier molecular flexibility index (Phi) is 4.19. The molecule has 1 amide bonds. The van der Waals surface area contributed by atoms with Crippen LogP contribution in [0.1, 0.15) is 17.3 Å². The van der Waals surface area contributed by atoms with Gasteiger partial charge in [-0.05, 0) is 29.5 Å². The van der Waals surface area contributed by atoms with Crippen LogP contribution < -0.4 is 5.32 Å². The van der Waals surface area contributed by atoms with E-state index in [1.807, 2.05) is 13.0 Å². The molecule has 1 aromatic carbocycles. The molecule has 19 heavy (non-hydrogen) atoms. The minimum absolute atomic E-state index is 0.0838. The third-order valence-electron chi connectivity index (χ3n) is 2.61. The quantitative estimate of drug-likeness (QED) is 0.795. The first kappa shape index (κ1) is 13.2. The van der Waals surface area contributed by atoms with Crippen LogP contribution in [0.4, 0.5) is 0 Å². The van der Waals surface area contributed by atoms with Crippen molar-refractivity contribution in [1.29, 1.82) is 0 Å². The molecule has 1 heterocycles. The van der Waals surface area contributed by atoms with Crippen LogP contribution in [0.2, 0.25) is 0 Å². The minimum atomic E-state index is -0.230. The molecule has 0 fully saturated rings. The zero-order valence-electron chi connectivity index (χ0n) is 10.6. The number of aromatic nitrogens is 4. The number of amides is 1. The number of aliphatic hydroxyl groups excluding tert-OH is 1. The molecular formula is C12H15N5O2. The van der Waals surface area contributed by atoms with Crippen LogP contribution in [0.5, 0.6) is 0 Å². The maximum absolute atomic E-state index is 11.8. The van der Waals surface area contributed by atoms with Crippen molar-refractivity contribution in [3.63, 3.8) is 0 Å². The van der Waals surface area contributed by atoms with Gasteiger partial charge in [-0.3, -0.25) is 4.79 Å². The molecule has 0 spiro atoms. The number of hydrogen-bond donors (Lipinski definition) is 2. The predicted octanol–water partition coefficient (Wildman–Crippen LogP) is 0.0821. The first-order chi connectivity index (χ1) is 9.26. The van der Waals surface area contributed by atoms with Crippen molar-refractivity contribution in [2.75, 3.05) is 13.2 Å². The first-order valence-electron chi connectivity index (χ1n) is 6.02. The van der Waals surface area contributed by atoms with E-state index in [0.717, 1.165) is 5.56 Å². The third kappa shape index (κ3) is 2.94. The van der Waals surface area contributed by atoms with Crippen molar-refractivity contribution < 1.29 is 9.90 Å². The third-order valence-corrected chi connectivity index (χ3v) is 2.61. The summed E-state index contributed by atoms with van der Waals surface area (Å²) in [5.41, 5.74) is 1.29. The average molecular weight is 261 g/mol. The number of carbonyl (C=O) groups is 1. The van der Waals surface area contributed by atoms with Crippen molar-refractivity contribution in [3.8, 4) is 11.4 Å². The minimum Gasteiger partial charge on any atom is -0.395 e. The molecule has 7 nitrogen and oxygen atoms in total. The SMILES string of the molecule is CCn1nnnc1-c1cccc(C(=O)NCCO)c1. The van der Waals surface area contributed by atoms with Crippen LogP contribution >= 0.6 is 0 Å². The number of aliphatic hydroxyl groups is 1. The van der Waals surface area contributed by atoms with E-state index < -0.39 is 0 Å². The second kappa shape index (κ2) is 6.05. The number of carbonyl (C=O) groups excluding carboxylic acids is 1. The molecule has 0 aliphatic heterocycles. The lowest BCUT2D eigenvalue weighted by atomic mass is 10.1. The predicted molar refractivity (Wildman–Crippen MR) is 68.3 cm³/mol. The van der Waals surface area contributed by atoms with Crippen molar-refractivity contribution in [2.45, 2.75) is 13.5 Å². The zero-order chi connectivity index (χ0) is 13.7. The fourth-order valence-corrected chi connectivity index (χ4v) is 1.70. The number of aryl methyl sites for hydroxylation is 1. The Balaban J connectivity index is 2.27. The molecule has 0 saturated heterocycles. The Labute approximate surface area is 110 Å². The van der Waals surface area contributed by atoms with Crippen molar-refractivity contribution in [1.82, 2.24) is 25.5 Å². The summed E-state index contributed by atoms with van der Waals surface area (Å²) in [6.07, 6.45) is 0. The summed E-state index contributed by atoms with van der Waals surface area (Å²) >= 11 is 0. The highest BCUT2D eigenvalue weighted by Gasteiger charge is 2.10. The lowest BCUT2D eigenvalue weighted by Gasteiger charge is -2.05. The monoisotopic (exact) mass is 261 g/mol. The Hall–Kier alpha value is -2.28. The van der Waals surface area contributed by atoms with Crippen LogP contribution in [0.15, 0.2) is 24.3 Å². The molecule has 2 aromatic rings. The van der Waals surface area contributed by atoms with Gasteiger partial charge in [-0.25, -0.2) is 4.68 Å². The van der Waals surface area contributed by atoms with E-state index in [0.29, 0.717) is 17.9 Å². The van der Waals surface area contributed by atoms with Gasteiger partial charge in [0.25, 0.3) is 5.91 Å². The maximum Gasteiger partial charge on any atom is 0.251 e. The maximum atomic E-state index is 11.8. The van der Waals surface area contributed by atoms with Gasteiger partial charge in [0.05, 0.1) is 6.61 Å². The number of rotatable bonds is 5. The molecule has 0 radical (unpaired) electrons. The lowest BCUT2D eigenvalue weighted by molar-refractivity contribution is 0.0945. The number of benzene rings is 1. The van der Waals surface area contributed by atoms with E-state index in [2.05, 4.69) is 20.8 Å². The highest BCUT2D eigenvalue weighted by atomic mass is 16.3. The van der Waals surface area contributed by atoms with E-state index in [1.54, 1.807) is 22.9 Å². The van der Waals surface area contributed by atoms with Crippen LogP contribution in [0, 0.1) is 0 Å². The zero-order valence-corrected chi connectivity index (χ0v) is 10.6. The van der Waals surface area contributed by atoms with Crippen LogP contribution in [-0.2, 0) is 6.54 Å². The molecule has 0 atom stereocenters. The van der Waals surface area contributed by atoms with Gasteiger partial charge >= 0.3 is 0 Å². The summed E-state index contributed by atoms with van der Waals surface area (Å²) in [5, 5.41) is 22.7. The standard InChI is InChI=1S/C12H15N5O2/c1-2-17-11(14-15-16-17)9-4-3-5-10(8-9)12(19)13-6-7-18/h3-5,8,18H,2,6-7H2,1H3,(H,13,19). The van der Waals surface area contributed by atoms with Crippen LogP contribution in [0.3, 0.4) is 0 Å². The largest absolute Gasteiger partial charge is 0.395 e. The number of tetrazole rings is 1. The highest BCUT2D eigenvalue weighted by molar-refractivity contribution is 5.95. The van der Waals surface area contributed by atoms with Gasteiger partial charge in [0, 0.05) is 24.2 Å². The molecule has 0 aliphatic carbocycles. The second-order valence-corrected chi connectivity index (χ2v) is 3.88. The second-order valence-electron chi connectivity index (χ2n) is 3.88. The van der Waals surface area contributed by atoms with Gasteiger partial charge in [0.15, 0.2) is 5.82 Å². The molecule has 100 valence electrons. The summed E-state index contributed by atoms with van der Waals surface area (Å²) in [6.45, 7) is 2.75. The Bertz CT molecular complexity index is 567. The molecule has 2 rings (SSSR count). The van der Waals surface area contributed by atoms with E-state index in [4.69, 9.17) is 5.11 Å². The number of nitrogens with zero attached hydrogens (tertiary/aromatic N) is 4. The van der Waals surface area contributed by atoms with Crippen molar-refractivity contribution in [3.05, 3.63) is 29.8 Å². The summed E-state index contributed by atoms with van der Waals surface area (Å²) < 4.78 is 1.66. The van der Waals surface area contributed by atoms with Gasteiger partial charge in [-0.15, -0.1) is 5.10 Å². The van der Waals surface area contributed by atoms with Crippen molar-refractivity contribution >= 4 is 5.91 Å². The summed E-state index contributed by atoms with van der Waals surface area (Å²) in [4.78, 5) is 11.8. The fourth-order valence-electron chi connectivity index (χ4n) is 1.70. The van der Waals surface area contributed by atoms with E-state index >= 15 is 0 Å². The summed E-state index contributed by atoms with van der Waals surface area (Å²) in [7, 11) is 0. The topological polar surface area (TPSA) is 92.9 Å². The van der Waals surface area contributed by atoms with E-state index in [1.165, 1.54) is 0 Å². The normalized spacial score (nSPS) is 10.4. The molecule has 1 aromatic heterocycles. The van der Waals surface area contributed by atoms with Gasteiger partial charge in [-0.2, -0.15) is 0 Å². The lowest BCUT2D eigenvalue weighted by Crippen LogP contribution is -2.26. The molecule has 0 aliphatic rings. The Morgan fingerprint density at radius 1 is 1.47 bits per heavy atom. The van der Waals surface area contributed by atoms with Gasteiger partial charge in [-0.1, -0.05) is 12.1 Å². The molecule has 0 bridgehead atoms. The fraction of sp³-hybridized carbons (Fsp3) is 0.333. The van der Waals surface area contributed by atoms with Gasteiger partial charge in [0.1, 0.15) is 0 Å². The van der Waals surface area contributed by atoms with Crippen molar-refractivity contribution in [2.24, 2.45) is 0 Å². The first-order valence-corrected chi connectivity index (χ1v) is 6.02. The number of nitrogens with one attached hydrogen (secondary N) is 1. The molecule has 0 unspecified atom stereocenters. The van der Waals surface area contributed by atoms with Crippen LogP contribution in [0.25, 0.3) is 11.4 Å². The Morgan fingerprint density at radius 3 is 3.05 bits per heavy atom. The average Bonchev–Trinajstić information content (AvgIpc) is 2.93. The van der Waals surface area contributed by atoms with Gasteiger partial charge in [0.2, 0.25) is 0 Å². The van der Waals surface area contributed by atoms with Gasteiger partial charge < -0.3 is 10.4 Å². The molecule has 2 N–H and O–H groups in total.